The molecule has 0 fully saturated rings. The predicted octanol–water partition coefficient (Wildman–Crippen LogP) is 2.20. The Bertz CT molecular complexity index is 833. The topological polar surface area (TPSA) is 67.3 Å². The Hall–Kier alpha value is -2.28. The highest BCUT2D eigenvalue weighted by molar-refractivity contribution is 7.90. The van der Waals surface area contributed by atoms with Gasteiger partial charge in [0.25, 0.3) is 5.91 Å². The molecular formula is C16H17FN2O3S. The van der Waals surface area contributed by atoms with Gasteiger partial charge < -0.3 is 4.90 Å². The van der Waals surface area contributed by atoms with E-state index in [-0.39, 0.29) is 28.9 Å². The molecule has 1 aromatic carbocycles. The molecule has 0 aliphatic carbocycles. The maximum atomic E-state index is 13.8. The lowest BCUT2D eigenvalue weighted by atomic mass is 10.1. The fourth-order valence-corrected chi connectivity index (χ4v) is 2.66. The zero-order chi connectivity index (χ0) is 17.2. The van der Waals surface area contributed by atoms with Gasteiger partial charge in [0, 0.05) is 31.6 Å². The molecular weight excluding hydrogens is 319 g/mol. The Labute approximate surface area is 134 Å². The first-order valence-electron chi connectivity index (χ1n) is 6.85. The molecule has 1 heterocycles. The summed E-state index contributed by atoms with van der Waals surface area (Å²) >= 11 is 0. The van der Waals surface area contributed by atoms with Crippen molar-refractivity contribution in [3.8, 4) is 0 Å². The van der Waals surface area contributed by atoms with Gasteiger partial charge in [-0.1, -0.05) is 17.7 Å². The number of carbonyl (C=O) groups excluding carboxylic acids is 1. The van der Waals surface area contributed by atoms with Gasteiger partial charge in [-0.15, -0.1) is 0 Å². The molecule has 0 aliphatic heterocycles. The number of amides is 1. The number of aryl methyl sites for hydroxylation is 1. The zero-order valence-corrected chi connectivity index (χ0v) is 13.9. The van der Waals surface area contributed by atoms with Gasteiger partial charge in [-0.05, 0) is 25.1 Å². The first-order chi connectivity index (χ1) is 10.7. The second-order valence-electron chi connectivity index (χ2n) is 5.41. The highest BCUT2D eigenvalue weighted by atomic mass is 32.2. The van der Waals surface area contributed by atoms with E-state index in [0.717, 1.165) is 11.8 Å². The number of sulfone groups is 1. The van der Waals surface area contributed by atoms with Gasteiger partial charge in [0.2, 0.25) is 0 Å². The number of pyridine rings is 1. The molecule has 23 heavy (non-hydrogen) atoms. The van der Waals surface area contributed by atoms with E-state index in [2.05, 4.69) is 4.98 Å². The molecule has 2 aromatic rings. The van der Waals surface area contributed by atoms with Crippen molar-refractivity contribution in [2.24, 2.45) is 0 Å². The molecule has 0 saturated heterocycles. The fourth-order valence-electron chi connectivity index (χ4n) is 2.10. The molecule has 0 radical (unpaired) electrons. The van der Waals surface area contributed by atoms with E-state index in [9.17, 15) is 17.6 Å². The highest BCUT2D eigenvalue weighted by Gasteiger charge is 2.16. The van der Waals surface area contributed by atoms with Gasteiger partial charge in [0.15, 0.2) is 14.9 Å². The fraction of sp³-hybridized carbons (Fsp3) is 0.250. The number of hydrogen-bond acceptors (Lipinski definition) is 4. The molecule has 2 rings (SSSR count). The van der Waals surface area contributed by atoms with Crippen molar-refractivity contribution >= 4 is 15.7 Å². The SMILES string of the molecule is Cc1ccc(F)c(CN(C)C(=O)c2ccc(S(C)(=O)=O)nc2)c1. The summed E-state index contributed by atoms with van der Waals surface area (Å²) in [5.74, 6) is -0.737. The normalized spacial score (nSPS) is 11.3. The van der Waals surface area contributed by atoms with E-state index < -0.39 is 9.84 Å². The van der Waals surface area contributed by atoms with Crippen molar-refractivity contribution < 1.29 is 17.6 Å². The van der Waals surface area contributed by atoms with Crippen molar-refractivity contribution in [3.05, 3.63) is 59.0 Å². The minimum atomic E-state index is -3.41. The van der Waals surface area contributed by atoms with Crippen LogP contribution in [-0.2, 0) is 16.4 Å². The van der Waals surface area contributed by atoms with E-state index in [1.165, 1.54) is 29.3 Å². The minimum Gasteiger partial charge on any atom is -0.337 e. The second-order valence-corrected chi connectivity index (χ2v) is 7.38. The van der Waals surface area contributed by atoms with Crippen LogP contribution in [0, 0.1) is 12.7 Å². The van der Waals surface area contributed by atoms with Crippen molar-refractivity contribution in [1.82, 2.24) is 9.88 Å². The summed E-state index contributed by atoms with van der Waals surface area (Å²) in [6.45, 7) is 1.96. The lowest BCUT2D eigenvalue weighted by molar-refractivity contribution is 0.0783. The molecule has 1 aromatic heterocycles. The van der Waals surface area contributed by atoms with Crippen molar-refractivity contribution in [2.45, 2.75) is 18.5 Å². The third-order valence-corrected chi connectivity index (χ3v) is 4.32. The smallest absolute Gasteiger partial charge is 0.255 e. The lowest BCUT2D eigenvalue weighted by Crippen LogP contribution is -2.26. The van der Waals surface area contributed by atoms with Crippen LogP contribution in [0.5, 0.6) is 0 Å². The van der Waals surface area contributed by atoms with E-state index in [1.54, 1.807) is 19.2 Å². The molecule has 1 amide bonds. The van der Waals surface area contributed by atoms with E-state index in [4.69, 9.17) is 0 Å². The van der Waals surface area contributed by atoms with Crippen LogP contribution < -0.4 is 0 Å². The molecule has 5 nitrogen and oxygen atoms in total. The quantitative estimate of drug-likeness (QED) is 0.858. The summed E-state index contributed by atoms with van der Waals surface area (Å²) in [7, 11) is -1.86. The standard InChI is InChI=1S/C16H17FN2O3S/c1-11-4-6-14(17)13(8-11)10-19(2)16(20)12-5-7-15(18-9-12)23(3,21)22/h4-9H,10H2,1-3H3. The first kappa shape index (κ1) is 17.1. The summed E-state index contributed by atoms with van der Waals surface area (Å²) in [6.07, 6.45) is 2.26. The number of halogens is 1. The Morgan fingerprint density at radius 3 is 2.52 bits per heavy atom. The van der Waals surface area contributed by atoms with Crippen molar-refractivity contribution in [1.29, 1.82) is 0 Å². The Morgan fingerprint density at radius 1 is 1.26 bits per heavy atom. The summed E-state index contributed by atoms with van der Waals surface area (Å²) < 4.78 is 36.5. The van der Waals surface area contributed by atoms with Crippen LogP contribution in [0.1, 0.15) is 21.5 Å². The maximum Gasteiger partial charge on any atom is 0.255 e. The van der Waals surface area contributed by atoms with Gasteiger partial charge in [-0.25, -0.2) is 17.8 Å². The summed E-state index contributed by atoms with van der Waals surface area (Å²) in [5.41, 5.74) is 1.57. The van der Waals surface area contributed by atoms with Gasteiger partial charge in [0.1, 0.15) is 5.82 Å². The lowest BCUT2D eigenvalue weighted by Gasteiger charge is -2.18. The molecule has 0 bridgehead atoms. The van der Waals surface area contributed by atoms with E-state index in [1.807, 2.05) is 6.92 Å². The summed E-state index contributed by atoms with van der Waals surface area (Å²) in [4.78, 5) is 17.5. The molecule has 0 atom stereocenters. The Kier molecular flexibility index (Phi) is 4.79. The molecule has 0 N–H and O–H groups in total. The van der Waals surface area contributed by atoms with Crippen LogP contribution in [0.25, 0.3) is 0 Å². The van der Waals surface area contributed by atoms with Crippen LogP contribution in [0.3, 0.4) is 0 Å². The van der Waals surface area contributed by atoms with Gasteiger partial charge >= 0.3 is 0 Å². The van der Waals surface area contributed by atoms with Crippen LogP contribution in [0.15, 0.2) is 41.6 Å². The number of hydrogen-bond donors (Lipinski definition) is 0. The van der Waals surface area contributed by atoms with Gasteiger partial charge in [-0.2, -0.15) is 0 Å². The molecule has 0 unspecified atom stereocenters. The summed E-state index contributed by atoms with van der Waals surface area (Å²) in [6, 6.07) is 7.39. The average molecular weight is 336 g/mol. The molecule has 0 spiro atoms. The summed E-state index contributed by atoms with van der Waals surface area (Å²) in [5, 5.41) is -0.0959. The number of aromatic nitrogens is 1. The molecule has 0 saturated carbocycles. The van der Waals surface area contributed by atoms with Crippen molar-refractivity contribution in [3.63, 3.8) is 0 Å². The molecule has 122 valence electrons. The Balaban J connectivity index is 2.18. The van der Waals surface area contributed by atoms with Crippen LogP contribution in [0.2, 0.25) is 0 Å². The van der Waals surface area contributed by atoms with Crippen LogP contribution in [0.4, 0.5) is 4.39 Å². The minimum absolute atomic E-state index is 0.0959. The Morgan fingerprint density at radius 2 is 1.96 bits per heavy atom. The van der Waals surface area contributed by atoms with Gasteiger partial charge in [-0.3, -0.25) is 4.79 Å². The first-order valence-corrected chi connectivity index (χ1v) is 8.74. The molecule has 0 aliphatic rings. The van der Waals surface area contributed by atoms with Gasteiger partial charge in [0.05, 0.1) is 5.56 Å². The van der Waals surface area contributed by atoms with E-state index in [0.29, 0.717) is 5.56 Å². The zero-order valence-electron chi connectivity index (χ0n) is 13.1. The van der Waals surface area contributed by atoms with Crippen LogP contribution in [-0.4, -0.2) is 37.5 Å². The number of benzene rings is 1. The monoisotopic (exact) mass is 336 g/mol. The van der Waals surface area contributed by atoms with Crippen LogP contribution >= 0.6 is 0 Å². The predicted molar refractivity (Wildman–Crippen MR) is 84.3 cm³/mol. The highest BCUT2D eigenvalue weighted by Crippen LogP contribution is 2.14. The average Bonchev–Trinajstić information content (AvgIpc) is 2.49. The van der Waals surface area contributed by atoms with Crippen molar-refractivity contribution in [2.75, 3.05) is 13.3 Å². The third kappa shape index (κ3) is 4.13. The number of rotatable bonds is 4. The molecule has 7 heteroatoms. The third-order valence-electron chi connectivity index (χ3n) is 3.32. The van der Waals surface area contributed by atoms with E-state index >= 15 is 0 Å². The second kappa shape index (κ2) is 6.45. The number of nitrogens with zero attached hydrogens (tertiary/aromatic N) is 2. The maximum absolute atomic E-state index is 13.8. The largest absolute Gasteiger partial charge is 0.337 e. The number of carbonyl (C=O) groups is 1.